The van der Waals surface area contributed by atoms with Crippen molar-refractivity contribution in [2.45, 2.75) is 95.6 Å². The van der Waals surface area contributed by atoms with E-state index in [1.807, 2.05) is 25.1 Å². The van der Waals surface area contributed by atoms with Gasteiger partial charge in [-0.2, -0.15) is 8.78 Å². The number of esters is 1. The number of likely N-dealkylation sites (tertiary alicyclic amines) is 1. The molecule has 5 nitrogen and oxygen atoms in total. The van der Waals surface area contributed by atoms with E-state index >= 15 is 0 Å². The van der Waals surface area contributed by atoms with Crippen LogP contribution in [0.15, 0.2) is 30.3 Å². The fourth-order valence-electron chi connectivity index (χ4n) is 4.53. The van der Waals surface area contributed by atoms with E-state index in [9.17, 15) is 23.5 Å². The Morgan fingerprint density at radius 1 is 1.15 bits per heavy atom. The smallest absolute Gasteiger partial charge is 0.326 e. The molecule has 0 spiro atoms. The summed E-state index contributed by atoms with van der Waals surface area (Å²) in [6.07, 6.45) is 5.76. The number of ether oxygens (including phenoxy) is 1. The molecular weight excluding hydrogens is 428 g/mol. The molecule has 1 aliphatic heterocycles. The molecule has 3 atom stereocenters. The van der Waals surface area contributed by atoms with Crippen molar-refractivity contribution in [2.75, 3.05) is 13.7 Å². The van der Waals surface area contributed by atoms with Crippen LogP contribution < -0.4 is 0 Å². The van der Waals surface area contributed by atoms with Crippen molar-refractivity contribution in [3.63, 3.8) is 0 Å². The van der Waals surface area contributed by atoms with E-state index in [0.29, 0.717) is 38.6 Å². The van der Waals surface area contributed by atoms with Crippen LogP contribution in [0.1, 0.15) is 76.7 Å². The first-order valence-corrected chi connectivity index (χ1v) is 12.2. The van der Waals surface area contributed by atoms with Gasteiger partial charge in [0.2, 0.25) is 0 Å². The summed E-state index contributed by atoms with van der Waals surface area (Å²) in [7, 11) is 1.35. The zero-order chi connectivity index (χ0) is 24.3. The zero-order valence-corrected chi connectivity index (χ0v) is 20.0. The Balaban J connectivity index is 1.73. The van der Waals surface area contributed by atoms with Gasteiger partial charge in [0, 0.05) is 25.4 Å². The third-order valence-electron chi connectivity index (χ3n) is 6.68. The van der Waals surface area contributed by atoms with Crippen molar-refractivity contribution in [1.29, 1.82) is 0 Å². The van der Waals surface area contributed by atoms with Crippen molar-refractivity contribution in [3.05, 3.63) is 35.9 Å². The Bertz CT molecular complexity index is 728. The summed E-state index contributed by atoms with van der Waals surface area (Å²) in [5.74, 6) is -4.58. The Hall–Kier alpha value is -2.02. The van der Waals surface area contributed by atoms with Crippen LogP contribution in [0, 0.1) is 5.92 Å². The highest BCUT2D eigenvalue weighted by Gasteiger charge is 2.52. The maximum atomic E-state index is 14.1. The van der Waals surface area contributed by atoms with E-state index in [1.54, 1.807) is 0 Å². The second-order valence-electron chi connectivity index (χ2n) is 9.30. The van der Waals surface area contributed by atoms with Crippen LogP contribution in [0.3, 0.4) is 0 Å². The standard InChI is InChI=1S/C26H39F2NO4/c1-20(11-10-14-21-12-6-5-7-13-21)23(30)17-16-22-19-26(27,28)25(32)29(22)18-9-4-3-8-15-24(31)33-2/h5-7,12-13,20,22-23,30H,3-4,8-11,14-19H2,1-2H3/t20-,22?,23-/m1/s1. The van der Waals surface area contributed by atoms with E-state index in [0.717, 1.165) is 32.1 Å². The number of carbonyl (C=O) groups excluding carboxylic acids is 2. The van der Waals surface area contributed by atoms with Gasteiger partial charge in [-0.25, -0.2) is 0 Å². The predicted octanol–water partition coefficient (Wildman–Crippen LogP) is 5.15. The molecule has 1 aromatic carbocycles. The van der Waals surface area contributed by atoms with Gasteiger partial charge in [0.15, 0.2) is 0 Å². The van der Waals surface area contributed by atoms with Gasteiger partial charge in [-0.3, -0.25) is 9.59 Å². The molecule has 0 bridgehead atoms. The average Bonchev–Trinajstić information content (AvgIpc) is 3.02. The van der Waals surface area contributed by atoms with E-state index < -0.39 is 30.4 Å². The fourth-order valence-corrected chi connectivity index (χ4v) is 4.53. The zero-order valence-electron chi connectivity index (χ0n) is 20.0. The molecule has 1 unspecified atom stereocenters. The van der Waals surface area contributed by atoms with E-state index in [-0.39, 0.29) is 11.9 Å². The lowest BCUT2D eigenvalue weighted by molar-refractivity contribution is -0.148. The number of aliphatic hydroxyl groups is 1. The number of unbranched alkanes of at least 4 members (excludes halogenated alkanes) is 3. The molecule has 186 valence electrons. The first-order chi connectivity index (χ1) is 15.7. The molecule has 0 aliphatic carbocycles. The van der Waals surface area contributed by atoms with Crippen LogP contribution >= 0.6 is 0 Å². The van der Waals surface area contributed by atoms with Crippen LogP contribution in [0.4, 0.5) is 8.78 Å². The van der Waals surface area contributed by atoms with Crippen LogP contribution in [0.25, 0.3) is 0 Å². The van der Waals surface area contributed by atoms with Crippen molar-refractivity contribution in [2.24, 2.45) is 5.92 Å². The summed E-state index contributed by atoms with van der Waals surface area (Å²) in [6.45, 7) is 2.29. The number of aliphatic hydroxyl groups excluding tert-OH is 1. The van der Waals surface area contributed by atoms with Gasteiger partial charge < -0.3 is 14.7 Å². The minimum Gasteiger partial charge on any atom is -0.469 e. The highest BCUT2D eigenvalue weighted by Crippen LogP contribution is 2.36. The van der Waals surface area contributed by atoms with Gasteiger partial charge in [0.1, 0.15) is 0 Å². The lowest BCUT2D eigenvalue weighted by Gasteiger charge is -2.26. The number of hydrogen-bond donors (Lipinski definition) is 1. The van der Waals surface area contributed by atoms with Crippen molar-refractivity contribution >= 4 is 11.9 Å². The molecular formula is C26H39F2NO4. The number of rotatable bonds is 15. The number of methoxy groups -OCH3 is 1. The highest BCUT2D eigenvalue weighted by molar-refractivity contribution is 5.86. The minimum atomic E-state index is -3.32. The molecule has 1 heterocycles. The molecule has 1 amide bonds. The molecule has 7 heteroatoms. The van der Waals surface area contributed by atoms with E-state index in [2.05, 4.69) is 16.9 Å². The number of hydrogen-bond acceptors (Lipinski definition) is 4. The van der Waals surface area contributed by atoms with E-state index in [1.165, 1.54) is 17.6 Å². The van der Waals surface area contributed by atoms with Crippen molar-refractivity contribution in [3.8, 4) is 0 Å². The quantitative estimate of drug-likeness (QED) is 0.286. The third-order valence-corrected chi connectivity index (χ3v) is 6.68. The first kappa shape index (κ1) is 27.2. The van der Waals surface area contributed by atoms with Gasteiger partial charge in [-0.05, 0) is 56.4 Å². The number of carbonyl (C=O) groups is 2. The highest BCUT2D eigenvalue weighted by atomic mass is 19.3. The first-order valence-electron chi connectivity index (χ1n) is 12.2. The topological polar surface area (TPSA) is 66.8 Å². The second kappa shape index (κ2) is 13.6. The lowest BCUT2D eigenvalue weighted by atomic mass is 9.92. The summed E-state index contributed by atoms with van der Waals surface area (Å²) in [5, 5.41) is 10.6. The van der Waals surface area contributed by atoms with Crippen LogP contribution in [-0.2, 0) is 20.7 Å². The Morgan fingerprint density at radius 3 is 2.55 bits per heavy atom. The van der Waals surface area contributed by atoms with Crippen molar-refractivity contribution < 1.29 is 28.2 Å². The molecule has 1 N–H and O–H groups in total. The maximum absolute atomic E-state index is 14.1. The summed E-state index contributed by atoms with van der Waals surface area (Å²) in [4.78, 5) is 24.6. The average molecular weight is 468 g/mol. The number of benzene rings is 1. The van der Waals surface area contributed by atoms with Gasteiger partial charge in [0.25, 0.3) is 5.91 Å². The summed E-state index contributed by atoms with van der Waals surface area (Å²) >= 11 is 0. The number of alkyl halides is 2. The molecule has 0 aromatic heterocycles. The third kappa shape index (κ3) is 9.03. The van der Waals surface area contributed by atoms with Gasteiger partial charge >= 0.3 is 11.9 Å². The summed E-state index contributed by atoms with van der Waals surface area (Å²) in [6, 6.07) is 9.66. The van der Waals surface area contributed by atoms with Crippen LogP contribution in [0.2, 0.25) is 0 Å². The molecule has 1 aliphatic rings. The molecule has 33 heavy (non-hydrogen) atoms. The molecule has 0 saturated carbocycles. The fraction of sp³-hybridized carbons (Fsp3) is 0.692. The molecule has 2 rings (SSSR count). The maximum Gasteiger partial charge on any atom is 0.326 e. The Morgan fingerprint density at radius 2 is 1.85 bits per heavy atom. The summed E-state index contributed by atoms with van der Waals surface area (Å²) in [5.41, 5.74) is 1.27. The second-order valence-corrected chi connectivity index (χ2v) is 9.30. The molecule has 0 radical (unpaired) electrons. The monoisotopic (exact) mass is 467 g/mol. The molecule has 1 saturated heterocycles. The SMILES string of the molecule is COC(=O)CCCCCCN1C(=O)C(F)(F)CC1CC[C@@H](O)[C@H](C)CCCc1ccccc1. The van der Waals surface area contributed by atoms with Crippen LogP contribution in [-0.4, -0.2) is 53.6 Å². The summed E-state index contributed by atoms with van der Waals surface area (Å²) < 4.78 is 32.8. The van der Waals surface area contributed by atoms with Gasteiger partial charge in [0.05, 0.1) is 13.2 Å². The van der Waals surface area contributed by atoms with Crippen molar-refractivity contribution in [1.82, 2.24) is 4.90 Å². The number of aryl methyl sites for hydroxylation is 1. The molecule has 1 fully saturated rings. The largest absolute Gasteiger partial charge is 0.469 e. The number of halogens is 2. The molecule has 1 aromatic rings. The van der Waals surface area contributed by atoms with Gasteiger partial charge in [-0.15, -0.1) is 0 Å². The lowest BCUT2D eigenvalue weighted by Crippen LogP contribution is -2.37. The normalized spacial score (nSPS) is 19.5. The predicted molar refractivity (Wildman–Crippen MR) is 124 cm³/mol. The Labute approximate surface area is 196 Å². The van der Waals surface area contributed by atoms with E-state index in [4.69, 9.17) is 0 Å². The van der Waals surface area contributed by atoms with Gasteiger partial charge in [-0.1, -0.05) is 50.1 Å². The van der Waals surface area contributed by atoms with Crippen LogP contribution in [0.5, 0.6) is 0 Å². The minimum absolute atomic E-state index is 0.0783. The number of nitrogens with zero attached hydrogens (tertiary/aromatic N) is 1. The Kier molecular flexibility index (Phi) is 11.2. The number of amides is 1.